The zero-order valence-corrected chi connectivity index (χ0v) is 38.2. The number of unbranched alkanes of at least 4 members (excludes halogenated alkanes) is 1. The molecule has 0 spiro atoms. The Bertz CT molecular complexity index is 2190. The van der Waals surface area contributed by atoms with E-state index in [4.69, 9.17) is 9.47 Å². The topological polar surface area (TPSA) is 177 Å². The number of nitrogens with one attached hydrogen (secondary N) is 1. The van der Waals surface area contributed by atoms with Crippen molar-refractivity contribution in [2.24, 2.45) is 34.5 Å². The Kier molecular flexibility index (Phi) is 15.3. The third-order valence-corrected chi connectivity index (χ3v) is 15.6. The molecule has 10 atom stereocenters. The molecule has 0 saturated heterocycles. The number of carbonyl (C=O) groups excluding carboxylic acids is 5. The van der Waals surface area contributed by atoms with Crippen LogP contribution in [0.3, 0.4) is 0 Å². The molecule has 5 aliphatic rings. The van der Waals surface area contributed by atoms with Crippen LogP contribution in [0.15, 0.2) is 102 Å². The van der Waals surface area contributed by atoms with Gasteiger partial charge in [-0.05, 0) is 137 Å². The first-order valence-electron chi connectivity index (χ1n) is 23.8. The fraction of sp³-hybridized carbons (Fsp3) is 0.537. The summed E-state index contributed by atoms with van der Waals surface area (Å²) >= 11 is 0. The molecule has 1 amide bonds. The number of aliphatic hydroxyl groups excluding tert-OH is 2. The first kappa shape index (κ1) is 48.0. The Morgan fingerprint density at radius 1 is 0.923 bits per heavy atom. The lowest BCUT2D eigenvalue weighted by atomic mass is 9.50. The van der Waals surface area contributed by atoms with Crippen LogP contribution in [0, 0.1) is 34.5 Å². The quantitative estimate of drug-likeness (QED) is 0.0654. The number of fused-ring (bicyclic) bond motifs is 5. The normalized spacial score (nSPS) is 31.1. The highest BCUT2D eigenvalue weighted by atomic mass is 16.5. The lowest BCUT2D eigenvalue weighted by Gasteiger charge is -2.54. The molecule has 2 aromatic rings. The van der Waals surface area contributed by atoms with Crippen molar-refractivity contribution in [2.75, 3.05) is 13.2 Å². The van der Waals surface area contributed by atoms with E-state index >= 15 is 0 Å². The van der Waals surface area contributed by atoms with Gasteiger partial charge in [-0.1, -0.05) is 79.6 Å². The number of hydrogen-bond donors (Lipinski definition) is 4. The highest BCUT2D eigenvalue weighted by Crippen LogP contribution is 2.65. The van der Waals surface area contributed by atoms with Gasteiger partial charge in [0, 0.05) is 42.6 Å². The minimum atomic E-state index is -1.65. The number of ketones is 2. The molecule has 0 aromatic heterocycles. The number of hydrogen-bond acceptors (Lipinski definition) is 10. The molecule has 2 unspecified atom stereocenters. The number of carbonyl (C=O) groups is 5. The summed E-state index contributed by atoms with van der Waals surface area (Å²) in [6, 6.07) is 15.7. The van der Waals surface area contributed by atoms with Crippen LogP contribution in [0.2, 0.25) is 0 Å². The molecular formula is C54H67NO10. The van der Waals surface area contributed by atoms with E-state index < -0.39 is 53.7 Å². The first-order chi connectivity index (χ1) is 31.2. The Labute approximate surface area is 383 Å². The van der Waals surface area contributed by atoms with E-state index in [0.29, 0.717) is 57.9 Å². The Hall–Kier alpha value is -4.97. The summed E-state index contributed by atoms with van der Waals surface area (Å²) < 4.78 is 11.5. The maximum atomic E-state index is 13.8. The molecule has 0 bridgehead atoms. The van der Waals surface area contributed by atoms with Crippen molar-refractivity contribution in [3.8, 4) is 0 Å². The second kappa shape index (κ2) is 20.7. The molecular weight excluding hydrogens is 823 g/mol. The van der Waals surface area contributed by atoms with Gasteiger partial charge in [-0.3, -0.25) is 14.4 Å². The molecule has 65 heavy (non-hydrogen) atoms. The van der Waals surface area contributed by atoms with Crippen molar-refractivity contribution in [1.29, 1.82) is 0 Å². The van der Waals surface area contributed by atoms with Crippen LogP contribution >= 0.6 is 0 Å². The van der Waals surface area contributed by atoms with Gasteiger partial charge in [0.05, 0.1) is 23.3 Å². The van der Waals surface area contributed by atoms with E-state index in [2.05, 4.69) is 18.3 Å². The summed E-state index contributed by atoms with van der Waals surface area (Å²) in [6.45, 7) is 6.16. The van der Waals surface area contributed by atoms with Crippen molar-refractivity contribution in [3.05, 3.63) is 119 Å². The number of esters is 2. The number of Topliss-reactive ketones (excluding diaryl/α,β-unsaturated/α-hetero) is 1. The lowest BCUT2D eigenvalue weighted by molar-refractivity contribution is -0.155. The van der Waals surface area contributed by atoms with Gasteiger partial charge in [-0.15, -0.1) is 0 Å². The molecule has 3 saturated carbocycles. The highest BCUT2D eigenvalue weighted by molar-refractivity contribution is 5.96. The zero-order chi connectivity index (χ0) is 46.4. The van der Waals surface area contributed by atoms with Gasteiger partial charge in [0.25, 0.3) is 0 Å². The predicted molar refractivity (Wildman–Crippen MR) is 246 cm³/mol. The maximum absolute atomic E-state index is 13.8. The number of allylic oxidation sites excluding steroid dienone is 6. The fourth-order valence-corrected chi connectivity index (χ4v) is 11.8. The molecule has 348 valence electrons. The molecule has 2 aromatic carbocycles. The summed E-state index contributed by atoms with van der Waals surface area (Å²) in [4.78, 5) is 64.7. The van der Waals surface area contributed by atoms with Crippen LogP contribution in [0.4, 0.5) is 0 Å². The number of benzene rings is 2. The Balaban J connectivity index is 0.955. The van der Waals surface area contributed by atoms with Crippen LogP contribution < -0.4 is 5.32 Å². The molecule has 3 fully saturated rings. The van der Waals surface area contributed by atoms with Crippen molar-refractivity contribution in [3.63, 3.8) is 0 Å². The van der Waals surface area contributed by atoms with Crippen LogP contribution in [0.5, 0.6) is 0 Å². The van der Waals surface area contributed by atoms with Gasteiger partial charge in [-0.2, -0.15) is 0 Å². The van der Waals surface area contributed by atoms with Crippen LogP contribution in [-0.2, 0) is 30.3 Å². The van der Waals surface area contributed by atoms with E-state index in [1.165, 1.54) is 35.4 Å². The summed E-state index contributed by atoms with van der Waals surface area (Å²) in [7, 11) is 0. The van der Waals surface area contributed by atoms with Crippen molar-refractivity contribution in [1.82, 2.24) is 5.32 Å². The molecule has 4 N–H and O–H groups in total. The maximum Gasteiger partial charge on any atom is 0.338 e. The minimum absolute atomic E-state index is 0.0286. The van der Waals surface area contributed by atoms with Crippen LogP contribution in [-0.4, -0.2) is 81.8 Å². The molecule has 5 aliphatic carbocycles. The third-order valence-electron chi connectivity index (χ3n) is 15.6. The van der Waals surface area contributed by atoms with E-state index in [1.807, 2.05) is 68.5 Å². The number of amides is 1. The largest absolute Gasteiger partial charge is 0.455 e. The number of aryl methyl sites for hydroxylation is 1. The Morgan fingerprint density at radius 3 is 2.40 bits per heavy atom. The third kappa shape index (κ3) is 10.4. The van der Waals surface area contributed by atoms with Gasteiger partial charge < -0.3 is 30.1 Å². The summed E-state index contributed by atoms with van der Waals surface area (Å²) in [5, 5.41) is 36.7. The zero-order valence-electron chi connectivity index (χ0n) is 38.2. The van der Waals surface area contributed by atoms with Crippen LogP contribution in [0.1, 0.15) is 131 Å². The van der Waals surface area contributed by atoms with Crippen molar-refractivity contribution < 1.29 is 48.8 Å². The van der Waals surface area contributed by atoms with Gasteiger partial charge in [0.15, 0.2) is 12.4 Å². The van der Waals surface area contributed by atoms with E-state index in [1.54, 1.807) is 6.08 Å². The number of aliphatic hydroxyl groups is 3. The fourth-order valence-electron chi connectivity index (χ4n) is 11.8. The van der Waals surface area contributed by atoms with Gasteiger partial charge >= 0.3 is 11.9 Å². The second-order valence-corrected chi connectivity index (χ2v) is 19.5. The summed E-state index contributed by atoms with van der Waals surface area (Å²) in [5.41, 5.74) is 1.46. The average molecular weight is 890 g/mol. The number of rotatable bonds is 18. The standard InChI is InChI=1S/C54H67NO10/c1-4-55-49(60)15-11-6-5-10-14-41-42(47(58)33-46(41)57)25-23-40(22-16-35-12-8-7-9-13-35)65-51(62)37-19-17-36(18-20-37)50(61)64-34-48(59)54(63)31-28-45-43-24-21-38-32-39(56)26-29-52(38,2)44(43)27-30-53(45,54)3/h5,7-10,12-13,17-20,23,25,27,32,40-43,45-47,57-58,63H,4,6,11,14-16,21-22,24,26,28-31,33-34H2,1-3H3,(H,55,60)/b10-5-,25-23+/t40-,41+,42+,43-,45+,46-,47+,52?,53?,54+/m1/s1. The van der Waals surface area contributed by atoms with Gasteiger partial charge in [0.2, 0.25) is 11.7 Å². The van der Waals surface area contributed by atoms with Gasteiger partial charge in [-0.25, -0.2) is 9.59 Å². The average Bonchev–Trinajstić information content (AvgIpc) is 3.74. The minimum Gasteiger partial charge on any atom is -0.455 e. The molecule has 11 heteroatoms. The van der Waals surface area contributed by atoms with Crippen molar-refractivity contribution in [2.45, 2.75) is 135 Å². The van der Waals surface area contributed by atoms with E-state index in [-0.39, 0.29) is 58.3 Å². The molecule has 0 heterocycles. The smallest absolute Gasteiger partial charge is 0.338 e. The lowest BCUT2D eigenvalue weighted by Crippen LogP contribution is -2.55. The van der Waals surface area contributed by atoms with E-state index in [9.17, 15) is 39.3 Å². The molecule has 0 aliphatic heterocycles. The SMILES string of the molecule is CCNC(=O)CCC/C=C\C[C@H]1[C@H](/C=C/[C@@H](CCc2ccccc2)OC(=O)c2ccc(C(=O)OCC(=O)[C@@]3(O)CC[C@H]4[C@@H]5CCC6=CC(=O)CCC6(C)C5=CCC43C)cc2)[C@@H](O)C[C@H]1O. The molecule has 7 rings (SSSR count). The van der Waals surface area contributed by atoms with Gasteiger partial charge in [0.1, 0.15) is 11.7 Å². The molecule has 11 nitrogen and oxygen atoms in total. The molecule has 0 radical (unpaired) electrons. The number of ether oxygens (including phenoxy) is 2. The van der Waals surface area contributed by atoms with E-state index in [0.717, 1.165) is 37.7 Å². The monoisotopic (exact) mass is 889 g/mol. The summed E-state index contributed by atoms with van der Waals surface area (Å²) in [5.74, 6) is -1.92. The van der Waals surface area contributed by atoms with Crippen LogP contribution in [0.25, 0.3) is 0 Å². The summed E-state index contributed by atoms with van der Waals surface area (Å²) in [6.07, 6.45) is 18.0. The first-order valence-corrected chi connectivity index (χ1v) is 23.8. The predicted octanol–water partition coefficient (Wildman–Crippen LogP) is 7.92. The second-order valence-electron chi connectivity index (χ2n) is 19.5. The Morgan fingerprint density at radius 2 is 1.66 bits per heavy atom. The highest BCUT2D eigenvalue weighted by Gasteiger charge is 2.64. The van der Waals surface area contributed by atoms with Crippen molar-refractivity contribution >= 4 is 29.4 Å².